The first-order valence-corrected chi connectivity index (χ1v) is 5.07. The van der Waals surface area contributed by atoms with Gasteiger partial charge in [0.15, 0.2) is 0 Å². The molecule has 1 N–H and O–H groups in total. The molecule has 0 fully saturated rings. The van der Waals surface area contributed by atoms with E-state index in [1.807, 2.05) is 0 Å². The van der Waals surface area contributed by atoms with Crippen LogP contribution in [0.25, 0.3) is 0 Å². The molecular weight excluding hydrogens is 160 g/mol. The van der Waals surface area contributed by atoms with E-state index in [1.54, 1.807) is 6.92 Å². The molecule has 0 aliphatic heterocycles. The van der Waals surface area contributed by atoms with Crippen LogP contribution in [0.2, 0.25) is 0 Å². The van der Waals surface area contributed by atoms with E-state index < -0.39 is 0 Å². The van der Waals surface area contributed by atoms with Crippen molar-refractivity contribution in [1.29, 1.82) is 0 Å². The van der Waals surface area contributed by atoms with Crippen molar-refractivity contribution in [1.82, 2.24) is 0 Å². The zero-order valence-electron chi connectivity index (χ0n) is 9.25. The lowest BCUT2D eigenvalue weighted by Crippen LogP contribution is -2.06. The van der Waals surface area contributed by atoms with Crippen LogP contribution in [0.4, 0.5) is 0 Å². The lowest BCUT2D eigenvalue weighted by atomic mass is 9.88. The molecule has 1 atom stereocenters. The second-order valence-corrected chi connectivity index (χ2v) is 3.77. The summed E-state index contributed by atoms with van der Waals surface area (Å²) < 4.78 is 0. The highest BCUT2D eigenvalue weighted by Gasteiger charge is 2.10. The average Bonchev–Trinajstić information content (AvgIpc) is 2.06. The summed E-state index contributed by atoms with van der Waals surface area (Å²) in [5.41, 5.74) is 1.41. The lowest BCUT2D eigenvalue weighted by molar-refractivity contribution is 0.318. The Hall–Kier alpha value is -0.560. The molecule has 0 radical (unpaired) electrons. The molecule has 0 saturated heterocycles. The van der Waals surface area contributed by atoms with Crippen molar-refractivity contribution in [2.45, 2.75) is 34.1 Å². The molecule has 0 aromatic rings. The fourth-order valence-corrected chi connectivity index (χ4v) is 1.24. The van der Waals surface area contributed by atoms with Gasteiger partial charge in [0.05, 0.1) is 0 Å². The molecule has 1 rings (SSSR count). The van der Waals surface area contributed by atoms with E-state index in [9.17, 15) is 0 Å². The molecule has 13 heavy (non-hydrogen) atoms. The van der Waals surface area contributed by atoms with Crippen molar-refractivity contribution in [2.24, 2.45) is 11.8 Å². The molecule has 0 amide bonds. The highest BCUT2D eigenvalue weighted by molar-refractivity contribution is 5.21. The zero-order valence-corrected chi connectivity index (χ0v) is 9.25. The van der Waals surface area contributed by atoms with Crippen LogP contribution in [0.15, 0.2) is 23.8 Å². The number of rotatable bonds is 1. The quantitative estimate of drug-likeness (QED) is 0.660. The van der Waals surface area contributed by atoms with Crippen LogP contribution < -0.4 is 0 Å². The molecule has 76 valence electrons. The highest BCUT2D eigenvalue weighted by Crippen LogP contribution is 2.22. The lowest BCUT2D eigenvalue weighted by Gasteiger charge is -2.17. The maximum absolute atomic E-state index is 7.57. The number of hydrogen-bond acceptors (Lipinski definition) is 1. The predicted molar refractivity (Wildman–Crippen MR) is 58.6 cm³/mol. The minimum atomic E-state index is 0.250. The van der Waals surface area contributed by atoms with Crippen LogP contribution in [0.1, 0.15) is 34.1 Å². The topological polar surface area (TPSA) is 20.2 Å². The molecule has 1 aliphatic carbocycles. The molecule has 0 heterocycles. The van der Waals surface area contributed by atoms with Crippen LogP contribution in [-0.4, -0.2) is 11.7 Å². The molecule has 1 unspecified atom stereocenters. The minimum Gasteiger partial charge on any atom is -0.397 e. The molecule has 0 spiro atoms. The van der Waals surface area contributed by atoms with Crippen LogP contribution >= 0.6 is 0 Å². The van der Waals surface area contributed by atoms with Crippen molar-refractivity contribution in [2.75, 3.05) is 6.61 Å². The molecule has 0 saturated carbocycles. The minimum absolute atomic E-state index is 0.250. The predicted octanol–water partition coefficient (Wildman–Crippen LogP) is 3.16. The van der Waals surface area contributed by atoms with Gasteiger partial charge in [0.2, 0.25) is 0 Å². The standard InChI is InChI=1S/C10H16.C2H6O/c1-8(2)10-6-4-9(3)5-7-10;1-2-3/h4-6,8,10H,7H2,1-3H3;3H,2H2,1H3. The summed E-state index contributed by atoms with van der Waals surface area (Å²) in [6, 6.07) is 0. The third kappa shape index (κ3) is 5.64. The largest absolute Gasteiger partial charge is 0.397 e. The highest BCUT2D eigenvalue weighted by atomic mass is 16.2. The van der Waals surface area contributed by atoms with E-state index in [4.69, 9.17) is 5.11 Å². The van der Waals surface area contributed by atoms with Gasteiger partial charge in [0.1, 0.15) is 0 Å². The monoisotopic (exact) mass is 182 g/mol. The summed E-state index contributed by atoms with van der Waals surface area (Å²) in [4.78, 5) is 0. The van der Waals surface area contributed by atoms with E-state index in [2.05, 4.69) is 39.0 Å². The smallest absolute Gasteiger partial charge is 0.0402 e. The van der Waals surface area contributed by atoms with E-state index in [0.717, 1.165) is 11.8 Å². The molecule has 1 aliphatic rings. The Balaban J connectivity index is 0.000000424. The normalized spacial score (nSPS) is 20.8. The molecule has 0 bridgehead atoms. The number of allylic oxidation sites excluding steroid dienone is 4. The van der Waals surface area contributed by atoms with Gasteiger partial charge in [-0.2, -0.15) is 0 Å². The number of aliphatic hydroxyl groups excluding tert-OH is 1. The fraction of sp³-hybridized carbons (Fsp3) is 0.667. The second-order valence-electron chi connectivity index (χ2n) is 3.77. The molecule has 1 nitrogen and oxygen atoms in total. The van der Waals surface area contributed by atoms with E-state index in [0.29, 0.717) is 0 Å². The van der Waals surface area contributed by atoms with Crippen LogP contribution in [0.3, 0.4) is 0 Å². The summed E-state index contributed by atoms with van der Waals surface area (Å²) in [6.45, 7) is 8.65. The second kappa shape index (κ2) is 6.90. The Bertz CT molecular complexity index is 178. The van der Waals surface area contributed by atoms with Gasteiger partial charge in [-0.05, 0) is 32.1 Å². The first-order valence-electron chi connectivity index (χ1n) is 5.07. The molecular formula is C12H22O. The Labute approximate surface area is 82.2 Å². The summed E-state index contributed by atoms with van der Waals surface area (Å²) in [5, 5.41) is 7.57. The number of hydrogen-bond donors (Lipinski definition) is 1. The summed E-state index contributed by atoms with van der Waals surface area (Å²) in [7, 11) is 0. The Kier molecular flexibility index (Phi) is 6.61. The van der Waals surface area contributed by atoms with E-state index in [1.165, 1.54) is 12.0 Å². The van der Waals surface area contributed by atoms with Crippen molar-refractivity contribution >= 4 is 0 Å². The van der Waals surface area contributed by atoms with Gasteiger partial charge in [-0.3, -0.25) is 0 Å². The van der Waals surface area contributed by atoms with Crippen molar-refractivity contribution < 1.29 is 5.11 Å². The Morgan fingerprint density at radius 1 is 1.54 bits per heavy atom. The Morgan fingerprint density at radius 2 is 2.08 bits per heavy atom. The van der Waals surface area contributed by atoms with Gasteiger partial charge in [-0.1, -0.05) is 37.6 Å². The van der Waals surface area contributed by atoms with Gasteiger partial charge in [0.25, 0.3) is 0 Å². The van der Waals surface area contributed by atoms with Gasteiger partial charge in [-0.25, -0.2) is 0 Å². The molecule has 0 aromatic heterocycles. The molecule has 1 heteroatoms. The maximum atomic E-state index is 7.57. The van der Waals surface area contributed by atoms with Gasteiger partial charge < -0.3 is 5.11 Å². The maximum Gasteiger partial charge on any atom is 0.0402 e. The van der Waals surface area contributed by atoms with Crippen LogP contribution in [0, 0.1) is 11.8 Å². The third-order valence-electron chi connectivity index (χ3n) is 2.17. The van der Waals surface area contributed by atoms with Gasteiger partial charge in [0, 0.05) is 6.61 Å². The first kappa shape index (κ1) is 12.4. The van der Waals surface area contributed by atoms with Crippen molar-refractivity contribution in [3.05, 3.63) is 23.8 Å². The Morgan fingerprint density at radius 3 is 2.38 bits per heavy atom. The van der Waals surface area contributed by atoms with E-state index in [-0.39, 0.29) is 6.61 Å². The van der Waals surface area contributed by atoms with Crippen molar-refractivity contribution in [3.8, 4) is 0 Å². The SMILES string of the molecule is CC1=CCC(C(C)C)C=C1.CCO. The zero-order chi connectivity index (χ0) is 10.3. The van der Waals surface area contributed by atoms with Crippen molar-refractivity contribution in [3.63, 3.8) is 0 Å². The van der Waals surface area contributed by atoms with Gasteiger partial charge >= 0.3 is 0 Å². The molecule has 0 aromatic carbocycles. The summed E-state index contributed by atoms with van der Waals surface area (Å²) >= 11 is 0. The van der Waals surface area contributed by atoms with E-state index >= 15 is 0 Å². The van der Waals surface area contributed by atoms with Crippen LogP contribution in [0.5, 0.6) is 0 Å². The fourth-order valence-electron chi connectivity index (χ4n) is 1.24. The first-order chi connectivity index (χ1) is 6.11. The average molecular weight is 182 g/mol. The third-order valence-corrected chi connectivity index (χ3v) is 2.17. The van der Waals surface area contributed by atoms with Crippen LogP contribution in [-0.2, 0) is 0 Å². The number of aliphatic hydroxyl groups is 1. The summed E-state index contributed by atoms with van der Waals surface area (Å²) in [6.07, 6.45) is 8.12. The van der Waals surface area contributed by atoms with Gasteiger partial charge in [-0.15, -0.1) is 0 Å². The summed E-state index contributed by atoms with van der Waals surface area (Å²) in [5.74, 6) is 1.57.